The second-order valence-corrected chi connectivity index (χ2v) is 10.1. The Balaban J connectivity index is 1.55. The van der Waals surface area contributed by atoms with Gasteiger partial charge >= 0.3 is 0 Å². The van der Waals surface area contributed by atoms with Crippen LogP contribution in [0.2, 0.25) is 0 Å². The molecule has 1 aromatic heterocycles. The Morgan fingerprint density at radius 3 is 2.48 bits per heavy atom. The number of nitrogens with zero attached hydrogens (tertiary/aromatic N) is 4. The summed E-state index contributed by atoms with van der Waals surface area (Å²) in [6.07, 6.45) is 5.32. The number of nitro groups is 1. The average Bonchev–Trinajstić information content (AvgIpc) is 3.14. The number of ether oxygens (including phenoxy) is 1. The Morgan fingerprint density at radius 2 is 1.79 bits per heavy atom. The fraction of sp³-hybridized carbons (Fsp3) is 0.500. The summed E-state index contributed by atoms with van der Waals surface area (Å²) >= 11 is 0. The third-order valence-corrected chi connectivity index (χ3v) is 7.91. The monoisotopic (exact) mass is 475 g/mol. The van der Waals surface area contributed by atoms with E-state index in [2.05, 4.69) is 15.2 Å². The molecule has 0 atom stereocenters. The lowest BCUT2D eigenvalue weighted by atomic mass is 10.2. The van der Waals surface area contributed by atoms with E-state index in [1.165, 1.54) is 16.4 Å². The van der Waals surface area contributed by atoms with Crippen LogP contribution in [0.3, 0.4) is 0 Å². The molecule has 0 amide bonds. The van der Waals surface area contributed by atoms with Crippen molar-refractivity contribution in [2.24, 2.45) is 0 Å². The highest BCUT2D eigenvalue weighted by molar-refractivity contribution is 7.89. The van der Waals surface area contributed by atoms with Crippen molar-refractivity contribution < 1.29 is 18.1 Å². The second-order valence-electron chi connectivity index (χ2n) is 8.19. The minimum Gasteiger partial charge on any atom is -0.378 e. The van der Waals surface area contributed by atoms with E-state index in [1.54, 1.807) is 6.20 Å². The normalized spacial score (nSPS) is 18.0. The van der Waals surface area contributed by atoms with E-state index < -0.39 is 14.9 Å². The molecule has 178 valence electrons. The van der Waals surface area contributed by atoms with E-state index >= 15 is 0 Å². The van der Waals surface area contributed by atoms with Crippen LogP contribution in [-0.4, -0.2) is 62.0 Å². The predicted molar refractivity (Wildman–Crippen MR) is 125 cm³/mol. The number of sulfonamides is 1. The molecule has 1 N–H and O–H groups in total. The van der Waals surface area contributed by atoms with E-state index in [0.29, 0.717) is 32.8 Å². The zero-order valence-electron chi connectivity index (χ0n) is 18.5. The van der Waals surface area contributed by atoms with Crippen LogP contribution in [0.15, 0.2) is 41.4 Å². The average molecular weight is 476 g/mol. The maximum absolute atomic E-state index is 13.1. The van der Waals surface area contributed by atoms with E-state index in [9.17, 15) is 18.5 Å². The lowest BCUT2D eigenvalue weighted by molar-refractivity contribution is -0.384. The van der Waals surface area contributed by atoms with Crippen molar-refractivity contribution in [3.8, 4) is 0 Å². The molecule has 0 unspecified atom stereocenters. The number of pyridine rings is 1. The first kappa shape index (κ1) is 23.4. The Morgan fingerprint density at radius 1 is 1.06 bits per heavy atom. The zero-order valence-corrected chi connectivity index (χ0v) is 19.3. The summed E-state index contributed by atoms with van der Waals surface area (Å²) in [4.78, 5) is 17.8. The van der Waals surface area contributed by atoms with Gasteiger partial charge in [-0.15, -0.1) is 0 Å². The second kappa shape index (κ2) is 10.4. The van der Waals surface area contributed by atoms with Gasteiger partial charge in [-0.05, 0) is 31.0 Å². The van der Waals surface area contributed by atoms with Crippen molar-refractivity contribution in [3.63, 3.8) is 0 Å². The van der Waals surface area contributed by atoms with Gasteiger partial charge in [0.25, 0.3) is 5.69 Å². The number of morpholine rings is 1. The van der Waals surface area contributed by atoms with Crippen LogP contribution < -0.4 is 10.2 Å². The van der Waals surface area contributed by atoms with E-state index in [1.807, 2.05) is 12.1 Å². The van der Waals surface area contributed by atoms with Gasteiger partial charge in [0.2, 0.25) is 10.0 Å². The smallest absolute Gasteiger partial charge is 0.293 e. The van der Waals surface area contributed by atoms with Gasteiger partial charge in [-0.25, -0.2) is 13.4 Å². The Bertz CT molecular complexity index is 1080. The van der Waals surface area contributed by atoms with Gasteiger partial charge in [0.15, 0.2) is 0 Å². The van der Waals surface area contributed by atoms with Crippen LogP contribution in [0, 0.1) is 10.1 Å². The first-order chi connectivity index (χ1) is 16.0. The summed E-state index contributed by atoms with van der Waals surface area (Å²) < 4.78 is 33.0. The fourth-order valence-electron chi connectivity index (χ4n) is 4.22. The molecule has 2 saturated heterocycles. The zero-order chi connectivity index (χ0) is 23.3. The number of hydrogen-bond donors (Lipinski definition) is 1. The standard InChI is InChI=1S/C22H29N5O5S/c28-27(29)21-16-19(33(30,31)26-10-3-1-2-4-11-26)7-8-20(21)24-17-18-6-5-9-23-22(18)25-12-14-32-15-13-25/h5-9,16,24H,1-4,10-15,17H2. The molecule has 11 heteroatoms. The van der Waals surface area contributed by atoms with Gasteiger partial charge in [0.05, 0.1) is 23.0 Å². The van der Waals surface area contributed by atoms with E-state index in [0.717, 1.165) is 56.2 Å². The van der Waals surface area contributed by atoms with Gasteiger partial charge in [-0.2, -0.15) is 4.31 Å². The Hall–Kier alpha value is -2.76. The molecule has 0 aliphatic carbocycles. The molecule has 2 fully saturated rings. The van der Waals surface area contributed by atoms with Crippen molar-refractivity contribution in [2.45, 2.75) is 37.1 Å². The maximum Gasteiger partial charge on any atom is 0.293 e. The molecule has 0 bridgehead atoms. The Labute approximate surface area is 193 Å². The van der Waals surface area contributed by atoms with Crippen LogP contribution in [0.1, 0.15) is 31.2 Å². The van der Waals surface area contributed by atoms with E-state index in [-0.39, 0.29) is 16.3 Å². The summed E-state index contributed by atoms with van der Waals surface area (Å²) in [6.45, 7) is 3.92. The third-order valence-electron chi connectivity index (χ3n) is 6.02. The molecule has 2 aromatic rings. The lowest BCUT2D eigenvalue weighted by Gasteiger charge is -2.29. The molecular weight excluding hydrogens is 446 g/mol. The summed E-state index contributed by atoms with van der Waals surface area (Å²) in [7, 11) is -3.77. The van der Waals surface area contributed by atoms with Crippen LogP contribution in [0.5, 0.6) is 0 Å². The molecule has 2 aliphatic rings. The van der Waals surface area contributed by atoms with Crippen LogP contribution >= 0.6 is 0 Å². The molecule has 0 spiro atoms. The minimum atomic E-state index is -3.77. The fourth-order valence-corrected chi connectivity index (χ4v) is 5.76. The number of nitrogens with one attached hydrogen (secondary N) is 1. The summed E-state index contributed by atoms with van der Waals surface area (Å²) in [5, 5.41) is 14.9. The van der Waals surface area contributed by atoms with Crippen LogP contribution in [0.25, 0.3) is 0 Å². The number of hydrogen-bond acceptors (Lipinski definition) is 8. The Kier molecular flexibility index (Phi) is 7.41. The van der Waals surface area contributed by atoms with Crippen molar-refractivity contribution in [3.05, 3.63) is 52.2 Å². The van der Waals surface area contributed by atoms with Gasteiger partial charge in [0, 0.05) is 50.6 Å². The highest BCUT2D eigenvalue weighted by Gasteiger charge is 2.28. The highest BCUT2D eigenvalue weighted by atomic mass is 32.2. The molecule has 0 saturated carbocycles. The predicted octanol–water partition coefficient (Wildman–Crippen LogP) is 3.00. The minimum absolute atomic E-state index is 0.0444. The summed E-state index contributed by atoms with van der Waals surface area (Å²) in [5.74, 6) is 0.816. The number of anilines is 2. The summed E-state index contributed by atoms with van der Waals surface area (Å²) in [5.41, 5.74) is 0.907. The van der Waals surface area contributed by atoms with Crippen LogP contribution in [-0.2, 0) is 21.3 Å². The van der Waals surface area contributed by atoms with Crippen molar-refractivity contribution in [1.29, 1.82) is 0 Å². The lowest BCUT2D eigenvalue weighted by Crippen LogP contribution is -2.37. The topological polar surface area (TPSA) is 118 Å². The highest BCUT2D eigenvalue weighted by Crippen LogP contribution is 2.31. The molecular formula is C22H29N5O5S. The number of benzene rings is 1. The number of rotatable bonds is 7. The van der Waals surface area contributed by atoms with Gasteiger partial charge in [-0.3, -0.25) is 10.1 Å². The largest absolute Gasteiger partial charge is 0.378 e. The van der Waals surface area contributed by atoms with Gasteiger partial charge in [0.1, 0.15) is 11.5 Å². The molecule has 4 rings (SSSR count). The molecule has 33 heavy (non-hydrogen) atoms. The molecule has 3 heterocycles. The first-order valence-corrected chi connectivity index (χ1v) is 12.7. The number of aromatic nitrogens is 1. The van der Waals surface area contributed by atoms with Gasteiger partial charge in [-0.1, -0.05) is 18.9 Å². The van der Waals surface area contributed by atoms with Crippen molar-refractivity contribution in [2.75, 3.05) is 49.6 Å². The quantitative estimate of drug-likeness (QED) is 0.480. The third kappa shape index (κ3) is 5.43. The van der Waals surface area contributed by atoms with E-state index in [4.69, 9.17) is 4.74 Å². The number of nitro benzene ring substituents is 1. The SMILES string of the molecule is O=[N+]([O-])c1cc(S(=O)(=O)N2CCCCCC2)ccc1NCc1cccnc1N1CCOCC1. The van der Waals surface area contributed by atoms with Crippen molar-refractivity contribution >= 4 is 27.2 Å². The maximum atomic E-state index is 13.1. The van der Waals surface area contributed by atoms with Crippen LogP contribution in [0.4, 0.5) is 17.2 Å². The van der Waals surface area contributed by atoms with Crippen molar-refractivity contribution in [1.82, 2.24) is 9.29 Å². The summed E-state index contributed by atoms with van der Waals surface area (Å²) in [6, 6.07) is 7.84. The molecule has 0 radical (unpaired) electrons. The first-order valence-electron chi connectivity index (χ1n) is 11.3. The van der Waals surface area contributed by atoms with Gasteiger partial charge < -0.3 is 15.0 Å². The molecule has 1 aromatic carbocycles. The molecule has 2 aliphatic heterocycles. The molecule has 10 nitrogen and oxygen atoms in total.